The van der Waals surface area contributed by atoms with E-state index >= 15 is 0 Å². The van der Waals surface area contributed by atoms with Gasteiger partial charge in [0.1, 0.15) is 0 Å². The molecule has 0 unspecified atom stereocenters. The molecule has 0 spiro atoms. The number of nitrogens with zero attached hydrogens (tertiary/aromatic N) is 2. The Balaban J connectivity index is 2.26. The van der Waals surface area contributed by atoms with E-state index in [0.717, 1.165) is 16.6 Å². The first-order valence-corrected chi connectivity index (χ1v) is 8.24. The molecule has 2 rings (SSSR count). The largest absolute Gasteiger partial charge is 0.325 e. The molecule has 0 radical (unpaired) electrons. The van der Waals surface area contributed by atoms with Crippen LogP contribution in [0.3, 0.4) is 0 Å². The Labute approximate surface area is 113 Å². The number of aryl methyl sites for hydroxylation is 1. The molecule has 1 aromatic heterocycles. The molecule has 1 heterocycles. The maximum atomic E-state index is 11.8. The molecule has 0 saturated heterocycles. The highest BCUT2D eigenvalue weighted by Gasteiger charge is 2.13. The van der Waals surface area contributed by atoms with Crippen molar-refractivity contribution in [2.75, 3.05) is 11.5 Å². The highest BCUT2D eigenvalue weighted by Crippen LogP contribution is 2.18. The summed E-state index contributed by atoms with van der Waals surface area (Å²) in [6.07, 6.45) is 0.649. The van der Waals surface area contributed by atoms with Gasteiger partial charge in [-0.05, 0) is 12.5 Å². The predicted octanol–water partition coefficient (Wildman–Crippen LogP) is 1.32. The average molecular weight is 281 g/mol. The molecule has 0 fully saturated rings. The van der Waals surface area contributed by atoms with Crippen LogP contribution in [0.25, 0.3) is 10.9 Å². The summed E-state index contributed by atoms with van der Waals surface area (Å²) in [5.41, 5.74) is 7.41. The van der Waals surface area contributed by atoms with Gasteiger partial charge in [-0.1, -0.05) is 25.1 Å². The molecule has 0 atom stereocenters. The number of aromatic nitrogens is 2. The van der Waals surface area contributed by atoms with Crippen LogP contribution >= 0.6 is 0 Å². The topological polar surface area (TPSA) is 78.0 Å². The number of sulfone groups is 1. The van der Waals surface area contributed by atoms with Crippen molar-refractivity contribution in [1.29, 1.82) is 0 Å². The van der Waals surface area contributed by atoms with Gasteiger partial charge in [0.25, 0.3) is 0 Å². The number of rotatable bonds is 6. The van der Waals surface area contributed by atoms with Crippen LogP contribution in [0.15, 0.2) is 24.3 Å². The Morgan fingerprint density at radius 1 is 1.26 bits per heavy atom. The lowest BCUT2D eigenvalue weighted by Crippen LogP contribution is -2.16. The maximum absolute atomic E-state index is 11.8. The summed E-state index contributed by atoms with van der Waals surface area (Å²) in [7, 11) is -2.99. The molecule has 19 heavy (non-hydrogen) atoms. The van der Waals surface area contributed by atoms with Crippen molar-refractivity contribution in [3.8, 4) is 0 Å². The molecular weight excluding hydrogens is 262 g/mol. The minimum atomic E-state index is -2.99. The van der Waals surface area contributed by atoms with Crippen LogP contribution in [-0.2, 0) is 22.9 Å². The standard InChI is InChI=1S/C13H19N3O2S/c1-2-8-19(17,18)9-7-16-13-6-4-3-5-11(13)12(10-14)15-16/h3-6H,2,7-10,14H2,1H3. The van der Waals surface area contributed by atoms with Crippen LogP contribution in [-0.4, -0.2) is 29.7 Å². The zero-order valence-electron chi connectivity index (χ0n) is 11.0. The molecule has 104 valence electrons. The van der Waals surface area contributed by atoms with Gasteiger partial charge in [0.05, 0.1) is 23.5 Å². The van der Waals surface area contributed by atoms with Gasteiger partial charge in [-0.25, -0.2) is 8.42 Å². The molecule has 1 aromatic carbocycles. The van der Waals surface area contributed by atoms with Crippen molar-refractivity contribution in [1.82, 2.24) is 9.78 Å². The molecule has 0 aliphatic heterocycles. The molecule has 0 bridgehead atoms. The number of benzene rings is 1. The van der Waals surface area contributed by atoms with E-state index in [2.05, 4.69) is 5.10 Å². The summed E-state index contributed by atoms with van der Waals surface area (Å²) in [6, 6.07) is 7.75. The van der Waals surface area contributed by atoms with Crippen molar-refractivity contribution in [3.05, 3.63) is 30.0 Å². The van der Waals surface area contributed by atoms with Crippen LogP contribution in [0.1, 0.15) is 19.0 Å². The third-order valence-electron chi connectivity index (χ3n) is 3.06. The Bertz CT molecular complexity index is 662. The van der Waals surface area contributed by atoms with E-state index in [1.807, 2.05) is 31.2 Å². The quantitative estimate of drug-likeness (QED) is 0.866. The summed E-state index contributed by atoms with van der Waals surface area (Å²) < 4.78 is 25.2. The predicted molar refractivity (Wildman–Crippen MR) is 76.6 cm³/mol. The summed E-state index contributed by atoms with van der Waals surface area (Å²) in [4.78, 5) is 0. The Morgan fingerprint density at radius 3 is 2.68 bits per heavy atom. The lowest BCUT2D eigenvalue weighted by molar-refractivity contribution is 0.581. The fourth-order valence-electron chi connectivity index (χ4n) is 2.16. The minimum Gasteiger partial charge on any atom is -0.325 e. The number of para-hydroxylation sites is 1. The van der Waals surface area contributed by atoms with Gasteiger partial charge in [0.2, 0.25) is 0 Å². The van der Waals surface area contributed by atoms with Gasteiger partial charge in [0, 0.05) is 17.7 Å². The number of fused-ring (bicyclic) bond motifs is 1. The zero-order chi connectivity index (χ0) is 13.9. The Kier molecular flexibility index (Phi) is 4.21. The summed E-state index contributed by atoms with van der Waals surface area (Å²) in [5.74, 6) is 0.354. The molecule has 0 aliphatic rings. The second kappa shape index (κ2) is 5.71. The first-order chi connectivity index (χ1) is 9.07. The average Bonchev–Trinajstić information content (AvgIpc) is 2.75. The first-order valence-electron chi connectivity index (χ1n) is 6.42. The van der Waals surface area contributed by atoms with Crippen LogP contribution in [0.4, 0.5) is 0 Å². The molecule has 0 aliphatic carbocycles. The summed E-state index contributed by atoms with van der Waals surface area (Å²) in [5, 5.41) is 5.40. The number of hydrogen-bond donors (Lipinski definition) is 1. The van der Waals surface area contributed by atoms with Crippen molar-refractivity contribution in [3.63, 3.8) is 0 Å². The van der Waals surface area contributed by atoms with Gasteiger partial charge < -0.3 is 5.73 Å². The Hall–Kier alpha value is -1.40. The summed E-state index contributed by atoms with van der Waals surface area (Å²) >= 11 is 0. The normalized spacial score (nSPS) is 12.1. The van der Waals surface area contributed by atoms with Gasteiger partial charge in [0.15, 0.2) is 9.84 Å². The van der Waals surface area contributed by atoms with Crippen molar-refractivity contribution < 1.29 is 8.42 Å². The van der Waals surface area contributed by atoms with E-state index in [1.54, 1.807) is 4.68 Å². The van der Waals surface area contributed by atoms with Crippen LogP contribution in [0.5, 0.6) is 0 Å². The third-order valence-corrected chi connectivity index (χ3v) is 4.89. The molecule has 0 amide bonds. The van der Waals surface area contributed by atoms with Crippen molar-refractivity contribution in [2.24, 2.45) is 5.73 Å². The zero-order valence-corrected chi connectivity index (χ0v) is 11.9. The maximum Gasteiger partial charge on any atom is 0.152 e. The molecular formula is C13H19N3O2S. The van der Waals surface area contributed by atoms with Crippen molar-refractivity contribution >= 4 is 20.7 Å². The van der Waals surface area contributed by atoms with E-state index in [-0.39, 0.29) is 11.5 Å². The van der Waals surface area contributed by atoms with Crippen LogP contribution in [0.2, 0.25) is 0 Å². The molecule has 2 aromatic rings. The summed E-state index contributed by atoms with van der Waals surface area (Å²) in [6.45, 7) is 2.60. The SMILES string of the molecule is CCCS(=O)(=O)CCn1nc(CN)c2ccccc21. The van der Waals surface area contributed by atoms with Crippen LogP contribution in [0, 0.1) is 0 Å². The molecule has 2 N–H and O–H groups in total. The highest BCUT2D eigenvalue weighted by molar-refractivity contribution is 7.91. The molecule has 0 saturated carbocycles. The van der Waals surface area contributed by atoms with Gasteiger partial charge in [-0.3, -0.25) is 4.68 Å². The molecule has 5 nitrogen and oxygen atoms in total. The second-order valence-corrected chi connectivity index (χ2v) is 6.85. The van der Waals surface area contributed by atoms with Gasteiger partial charge in [-0.15, -0.1) is 0 Å². The Morgan fingerprint density at radius 2 is 2.00 bits per heavy atom. The minimum absolute atomic E-state index is 0.122. The van der Waals surface area contributed by atoms with E-state index in [0.29, 0.717) is 19.5 Å². The third kappa shape index (κ3) is 3.13. The lowest BCUT2D eigenvalue weighted by Gasteiger charge is -2.04. The number of nitrogens with two attached hydrogens (primary N) is 1. The van der Waals surface area contributed by atoms with Gasteiger partial charge >= 0.3 is 0 Å². The van der Waals surface area contributed by atoms with Crippen molar-refractivity contribution in [2.45, 2.75) is 26.4 Å². The highest BCUT2D eigenvalue weighted by atomic mass is 32.2. The monoisotopic (exact) mass is 281 g/mol. The molecule has 6 heteroatoms. The van der Waals surface area contributed by atoms with Gasteiger partial charge in [-0.2, -0.15) is 5.10 Å². The smallest absolute Gasteiger partial charge is 0.152 e. The van der Waals surface area contributed by atoms with E-state index in [1.165, 1.54) is 0 Å². The second-order valence-electron chi connectivity index (χ2n) is 4.54. The van der Waals surface area contributed by atoms with E-state index in [4.69, 9.17) is 5.73 Å². The fraction of sp³-hybridized carbons (Fsp3) is 0.462. The van der Waals surface area contributed by atoms with E-state index in [9.17, 15) is 8.42 Å². The fourth-order valence-corrected chi connectivity index (χ4v) is 3.43. The first kappa shape index (κ1) is 14.0. The van der Waals surface area contributed by atoms with E-state index < -0.39 is 9.84 Å². The number of hydrogen-bond acceptors (Lipinski definition) is 4. The van der Waals surface area contributed by atoms with Crippen LogP contribution < -0.4 is 5.73 Å². The lowest BCUT2D eigenvalue weighted by atomic mass is 10.2.